The Kier molecular flexibility index (Phi) is 2.77. The van der Waals surface area contributed by atoms with E-state index >= 15 is 0 Å². The second kappa shape index (κ2) is 4.06. The molecule has 1 aliphatic heterocycles. The standard InChI is InChI=1S/C11H16N2O2/c1-8(2)13-5-10(6-13)12-11(14)9-3-4-15-7-9/h3-4,7-8,10H,5-6H2,1-2H3,(H,12,14). The lowest BCUT2D eigenvalue weighted by Crippen LogP contribution is -2.61. The zero-order valence-corrected chi connectivity index (χ0v) is 9.06. The summed E-state index contributed by atoms with van der Waals surface area (Å²) in [4.78, 5) is 13.9. The van der Waals surface area contributed by atoms with Crippen LogP contribution in [0.25, 0.3) is 0 Å². The first-order valence-electron chi connectivity index (χ1n) is 5.24. The van der Waals surface area contributed by atoms with E-state index in [4.69, 9.17) is 4.42 Å². The summed E-state index contributed by atoms with van der Waals surface area (Å²) in [6.07, 6.45) is 2.98. The lowest BCUT2D eigenvalue weighted by molar-refractivity contribution is 0.0713. The minimum Gasteiger partial charge on any atom is -0.472 e. The number of nitrogens with one attached hydrogen (secondary N) is 1. The van der Waals surface area contributed by atoms with Gasteiger partial charge in [-0.1, -0.05) is 0 Å². The van der Waals surface area contributed by atoms with Crippen LogP contribution in [-0.2, 0) is 0 Å². The molecule has 4 heteroatoms. The van der Waals surface area contributed by atoms with E-state index in [1.165, 1.54) is 12.5 Å². The summed E-state index contributed by atoms with van der Waals surface area (Å²) in [5, 5.41) is 2.96. The van der Waals surface area contributed by atoms with Crippen molar-refractivity contribution in [2.24, 2.45) is 0 Å². The van der Waals surface area contributed by atoms with Crippen LogP contribution in [0.15, 0.2) is 23.0 Å². The first-order chi connectivity index (χ1) is 7.16. The predicted molar refractivity (Wildman–Crippen MR) is 56.7 cm³/mol. The van der Waals surface area contributed by atoms with Crippen LogP contribution in [0.5, 0.6) is 0 Å². The highest BCUT2D eigenvalue weighted by Gasteiger charge is 2.29. The van der Waals surface area contributed by atoms with Gasteiger partial charge in [0.25, 0.3) is 5.91 Å². The second-order valence-electron chi connectivity index (χ2n) is 4.23. The average molecular weight is 208 g/mol. The molecule has 1 amide bonds. The Bertz CT molecular complexity index is 326. The molecular formula is C11H16N2O2. The van der Waals surface area contributed by atoms with Crippen LogP contribution < -0.4 is 5.32 Å². The van der Waals surface area contributed by atoms with Crippen molar-refractivity contribution in [1.82, 2.24) is 10.2 Å². The second-order valence-corrected chi connectivity index (χ2v) is 4.23. The molecule has 0 spiro atoms. The van der Waals surface area contributed by atoms with Crippen LogP contribution in [-0.4, -0.2) is 36.0 Å². The maximum atomic E-state index is 11.6. The SMILES string of the molecule is CC(C)N1CC(NC(=O)c2ccoc2)C1. The molecule has 0 saturated carbocycles. The molecule has 0 aliphatic carbocycles. The number of carbonyl (C=O) groups is 1. The summed E-state index contributed by atoms with van der Waals surface area (Å²) in [5.74, 6) is -0.0443. The lowest BCUT2D eigenvalue weighted by atomic mass is 10.1. The maximum absolute atomic E-state index is 11.6. The van der Waals surface area contributed by atoms with Crippen LogP contribution >= 0.6 is 0 Å². The number of amides is 1. The summed E-state index contributed by atoms with van der Waals surface area (Å²) in [7, 11) is 0. The van der Waals surface area contributed by atoms with Gasteiger partial charge >= 0.3 is 0 Å². The molecule has 15 heavy (non-hydrogen) atoms. The van der Waals surface area contributed by atoms with Crippen LogP contribution in [0, 0.1) is 0 Å². The van der Waals surface area contributed by atoms with Gasteiger partial charge in [-0.05, 0) is 19.9 Å². The molecule has 1 aromatic heterocycles. The van der Waals surface area contributed by atoms with E-state index in [-0.39, 0.29) is 11.9 Å². The van der Waals surface area contributed by atoms with E-state index in [9.17, 15) is 4.79 Å². The van der Waals surface area contributed by atoms with Crippen LogP contribution in [0.3, 0.4) is 0 Å². The molecule has 1 fully saturated rings. The van der Waals surface area contributed by atoms with Crippen LogP contribution in [0.4, 0.5) is 0 Å². The smallest absolute Gasteiger partial charge is 0.254 e. The van der Waals surface area contributed by atoms with Gasteiger partial charge in [0.05, 0.1) is 17.9 Å². The minimum atomic E-state index is -0.0443. The van der Waals surface area contributed by atoms with Crippen molar-refractivity contribution >= 4 is 5.91 Å². The molecule has 82 valence electrons. The number of carbonyl (C=O) groups excluding carboxylic acids is 1. The molecule has 0 aromatic carbocycles. The van der Waals surface area contributed by atoms with Crippen LogP contribution in [0.1, 0.15) is 24.2 Å². The Balaban J connectivity index is 1.78. The molecule has 1 N–H and O–H groups in total. The predicted octanol–water partition coefficient (Wildman–Crippen LogP) is 1.10. The molecule has 1 saturated heterocycles. The summed E-state index contributed by atoms with van der Waals surface area (Å²) < 4.78 is 4.86. The normalized spacial score (nSPS) is 17.8. The molecule has 1 aromatic rings. The molecule has 4 nitrogen and oxygen atoms in total. The summed E-state index contributed by atoms with van der Waals surface area (Å²) >= 11 is 0. The fraction of sp³-hybridized carbons (Fsp3) is 0.545. The van der Waals surface area contributed by atoms with Gasteiger partial charge < -0.3 is 9.73 Å². The van der Waals surface area contributed by atoms with Crippen molar-refractivity contribution in [3.05, 3.63) is 24.2 Å². The molecule has 0 radical (unpaired) electrons. The zero-order valence-electron chi connectivity index (χ0n) is 9.06. The third-order valence-electron chi connectivity index (χ3n) is 2.76. The first kappa shape index (κ1) is 10.2. The van der Waals surface area contributed by atoms with Gasteiger partial charge in [0.2, 0.25) is 0 Å². The Morgan fingerprint density at radius 1 is 1.60 bits per heavy atom. The largest absolute Gasteiger partial charge is 0.472 e. The molecule has 0 bridgehead atoms. The maximum Gasteiger partial charge on any atom is 0.254 e. The summed E-state index contributed by atoms with van der Waals surface area (Å²) in [6.45, 7) is 6.21. The van der Waals surface area contributed by atoms with E-state index < -0.39 is 0 Å². The number of likely N-dealkylation sites (tertiary alicyclic amines) is 1. The zero-order chi connectivity index (χ0) is 10.8. The van der Waals surface area contributed by atoms with Gasteiger partial charge in [-0.25, -0.2) is 0 Å². The van der Waals surface area contributed by atoms with Crippen LogP contribution in [0.2, 0.25) is 0 Å². The van der Waals surface area contributed by atoms with Crippen molar-refractivity contribution in [3.63, 3.8) is 0 Å². The number of hydrogen-bond acceptors (Lipinski definition) is 3. The topological polar surface area (TPSA) is 45.5 Å². The highest BCUT2D eigenvalue weighted by Crippen LogP contribution is 2.12. The summed E-state index contributed by atoms with van der Waals surface area (Å²) in [6, 6.07) is 2.52. The summed E-state index contributed by atoms with van der Waals surface area (Å²) in [5.41, 5.74) is 0.595. The number of nitrogens with zero attached hydrogens (tertiary/aromatic N) is 1. The first-order valence-corrected chi connectivity index (χ1v) is 5.24. The van der Waals surface area contributed by atoms with Crippen molar-refractivity contribution in [3.8, 4) is 0 Å². The highest BCUT2D eigenvalue weighted by molar-refractivity contribution is 5.94. The molecule has 1 aliphatic rings. The molecular weight excluding hydrogens is 192 g/mol. The van der Waals surface area contributed by atoms with Gasteiger partial charge in [0, 0.05) is 19.1 Å². The van der Waals surface area contributed by atoms with E-state index in [2.05, 4.69) is 24.1 Å². The van der Waals surface area contributed by atoms with Crippen molar-refractivity contribution in [2.45, 2.75) is 25.9 Å². The van der Waals surface area contributed by atoms with Crippen molar-refractivity contribution < 1.29 is 9.21 Å². The Labute approximate surface area is 89.2 Å². The Morgan fingerprint density at radius 3 is 2.87 bits per heavy atom. The quantitative estimate of drug-likeness (QED) is 0.809. The van der Waals surface area contributed by atoms with Crippen molar-refractivity contribution in [1.29, 1.82) is 0 Å². The highest BCUT2D eigenvalue weighted by atomic mass is 16.3. The fourth-order valence-corrected chi connectivity index (χ4v) is 1.69. The van der Waals surface area contributed by atoms with E-state index in [0.29, 0.717) is 11.6 Å². The van der Waals surface area contributed by atoms with Gasteiger partial charge in [-0.2, -0.15) is 0 Å². The number of rotatable bonds is 3. The third kappa shape index (κ3) is 2.21. The Morgan fingerprint density at radius 2 is 2.33 bits per heavy atom. The third-order valence-corrected chi connectivity index (χ3v) is 2.76. The molecule has 2 heterocycles. The minimum absolute atomic E-state index is 0.0443. The van der Waals surface area contributed by atoms with Gasteiger partial charge in [0.1, 0.15) is 6.26 Å². The van der Waals surface area contributed by atoms with Crippen molar-refractivity contribution in [2.75, 3.05) is 13.1 Å². The lowest BCUT2D eigenvalue weighted by Gasteiger charge is -2.42. The van der Waals surface area contributed by atoms with Gasteiger partial charge in [0.15, 0.2) is 0 Å². The molecule has 2 rings (SSSR count). The van der Waals surface area contributed by atoms with Gasteiger partial charge in [-0.15, -0.1) is 0 Å². The van der Waals surface area contributed by atoms with E-state index in [1.807, 2.05) is 0 Å². The monoisotopic (exact) mass is 208 g/mol. The Hall–Kier alpha value is -1.29. The number of furan rings is 1. The van der Waals surface area contributed by atoms with E-state index in [0.717, 1.165) is 13.1 Å². The fourth-order valence-electron chi connectivity index (χ4n) is 1.69. The molecule has 0 unspecified atom stereocenters. The average Bonchev–Trinajstić information content (AvgIpc) is 2.61. The molecule has 0 atom stereocenters. The van der Waals surface area contributed by atoms with E-state index in [1.54, 1.807) is 6.07 Å². The number of hydrogen-bond donors (Lipinski definition) is 1. The van der Waals surface area contributed by atoms with Gasteiger partial charge in [-0.3, -0.25) is 9.69 Å².